The van der Waals surface area contributed by atoms with Crippen LogP contribution >= 0.6 is 0 Å². The van der Waals surface area contributed by atoms with Crippen molar-refractivity contribution in [3.63, 3.8) is 0 Å². The molecule has 1 aliphatic carbocycles. The van der Waals surface area contributed by atoms with Crippen LogP contribution in [0.3, 0.4) is 0 Å². The number of aliphatic carboxylic acids is 1. The Morgan fingerprint density at radius 2 is 2.00 bits per heavy atom. The molecular weight excluding hydrogens is 224 g/mol. The van der Waals surface area contributed by atoms with Crippen LogP contribution in [-0.2, 0) is 14.3 Å². The summed E-state index contributed by atoms with van der Waals surface area (Å²) in [7, 11) is 3.91. The van der Waals surface area contributed by atoms with Crippen molar-refractivity contribution in [3.8, 4) is 0 Å². The molecule has 17 heavy (non-hydrogen) atoms. The maximum Gasteiger partial charge on any atom is 0.319 e. The molecule has 0 bridgehead atoms. The van der Waals surface area contributed by atoms with Gasteiger partial charge in [0.25, 0.3) is 0 Å². The summed E-state index contributed by atoms with van der Waals surface area (Å²) >= 11 is 0. The Morgan fingerprint density at radius 1 is 1.35 bits per heavy atom. The Hall–Kier alpha value is -1.14. The number of carbonyl (C=O) groups excluding carboxylic acids is 1. The minimum Gasteiger partial charge on any atom is -0.480 e. The number of nitrogens with zero attached hydrogens (tertiary/aromatic N) is 1. The number of hydrogen-bond donors (Lipinski definition) is 2. The van der Waals surface area contributed by atoms with Gasteiger partial charge in [0.1, 0.15) is 5.41 Å². The van der Waals surface area contributed by atoms with Gasteiger partial charge in [0.15, 0.2) is 0 Å². The standard InChI is InChI=1S/C11H20N2O4/c1-13(2)6-8-17-7-5-12-9(14)11(3-4-11)10(15)16/h3-8H2,1-2H3,(H,12,14)(H,15,16). The van der Waals surface area contributed by atoms with Gasteiger partial charge in [0.05, 0.1) is 13.2 Å². The van der Waals surface area contributed by atoms with E-state index in [1.807, 2.05) is 19.0 Å². The second-order valence-corrected chi connectivity index (χ2v) is 4.56. The second-order valence-electron chi connectivity index (χ2n) is 4.56. The van der Waals surface area contributed by atoms with Gasteiger partial charge in [0.2, 0.25) is 5.91 Å². The molecule has 0 saturated heterocycles. The molecule has 1 fully saturated rings. The molecule has 1 amide bonds. The molecule has 0 aliphatic heterocycles. The molecule has 0 aromatic carbocycles. The van der Waals surface area contributed by atoms with Crippen LogP contribution in [0.2, 0.25) is 0 Å². The number of ether oxygens (including phenoxy) is 1. The van der Waals surface area contributed by atoms with Crippen molar-refractivity contribution in [2.45, 2.75) is 12.8 Å². The monoisotopic (exact) mass is 244 g/mol. The zero-order chi connectivity index (χ0) is 12.9. The van der Waals surface area contributed by atoms with Crippen LogP contribution in [0.1, 0.15) is 12.8 Å². The minimum absolute atomic E-state index is 0.362. The van der Waals surface area contributed by atoms with Crippen molar-refractivity contribution in [1.29, 1.82) is 0 Å². The lowest BCUT2D eigenvalue weighted by molar-refractivity contribution is -0.149. The fourth-order valence-corrected chi connectivity index (χ4v) is 1.42. The zero-order valence-corrected chi connectivity index (χ0v) is 10.4. The van der Waals surface area contributed by atoms with Crippen molar-refractivity contribution in [2.24, 2.45) is 5.41 Å². The van der Waals surface area contributed by atoms with Gasteiger partial charge >= 0.3 is 5.97 Å². The van der Waals surface area contributed by atoms with Crippen LogP contribution in [0.15, 0.2) is 0 Å². The number of hydrogen-bond acceptors (Lipinski definition) is 4. The van der Waals surface area contributed by atoms with Crippen molar-refractivity contribution in [3.05, 3.63) is 0 Å². The number of nitrogens with one attached hydrogen (secondary N) is 1. The Bertz CT molecular complexity index is 287. The number of amides is 1. The third-order valence-corrected chi connectivity index (χ3v) is 2.81. The lowest BCUT2D eigenvalue weighted by atomic mass is 10.1. The highest BCUT2D eigenvalue weighted by Crippen LogP contribution is 2.45. The highest BCUT2D eigenvalue weighted by Gasteiger charge is 2.56. The highest BCUT2D eigenvalue weighted by molar-refractivity contribution is 6.04. The molecule has 0 atom stereocenters. The van der Waals surface area contributed by atoms with Gasteiger partial charge in [-0.3, -0.25) is 9.59 Å². The first-order valence-corrected chi connectivity index (χ1v) is 5.73. The summed E-state index contributed by atoms with van der Waals surface area (Å²) in [6.45, 7) is 2.20. The molecule has 2 N–H and O–H groups in total. The molecule has 6 heteroatoms. The number of rotatable bonds is 8. The first kappa shape index (κ1) is 13.9. The number of carbonyl (C=O) groups is 2. The van der Waals surface area contributed by atoms with Crippen molar-refractivity contribution >= 4 is 11.9 Å². The van der Waals surface area contributed by atoms with Crippen LogP contribution in [0.25, 0.3) is 0 Å². The molecule has 0 aromatic rings. The van der Waals surface area contributed by atoms with E-state index >= 15 is 0 Å². The lowest BCUT2D eigenvalue weighted by Gasteiger charge is -2.12. The summed E-state index contributed by atoms with van der Waals surface area (Å²) in [6, 6.07) is 0. The van der Waals surface area contributed by atoms with Crippen LogP contribution in [-0.4, -0.2) is 62.3 Å². The summed E-state index contributed by atoms with van der Waals surface area (Å²) in [4.78, 5) is 24.4. The van der Waals surface area contributed by atoms with E-state index in [0.717, 1.165) is 6.54 Å². The van der Waals surface area contributed by atoms with E-state index in [-0.39, 0.29) is 5.91 Å². The Morgan fingerprint density at radius 3 is 2.47 bits per heavy atom. The number of carboxylic acids is 1. The Kier molecular flexibility index (Phi) is 4.89. The fraction of sp³-hybridized carbons (Fsp3) is 0.818. The number of likely N-dealkylation sites (N-methyl/N-ethyl adjacent to an activating group) is 1. The van der Waals surface area contributed by atoms with E-state index in [0.29, 0.717) is 32.6 Å². The second kappa shape index (κ2) is 5.97. The molecule has 1 saturated carbocycles. The van der Waals surface area contributed by atoms with Gasteiger partial charge in [-0.15, -0.1) is 0 Å². The average Bonchev–Trinajstić information content (AvgIpc) is 3.03. The molecule has 0 spiro atoms. The normalized spacial score (nSPS) is 16.9. The molecule has 1 aliphatic rings. The Labute approximate surface area is 101 Å². The molecule has 0 unspecified atom stereocenters. The maximum atomic E-state index is 11.6. The van der Waals surface area contributed by atoms with Crippen LogP contribution < -0.4 is 5.32 Å². The van der Waals surface area contributed by atoms with Crippen molar-refractivity contribution in [1.82, 2.24) is 10.2 Å². The average molecular weight is 244 g/mol. The van der Waals surface area contributed by atoms with E-state index in [2.05, 4.69) is 5.32 Å². The summed E-state index contributed by atoms with van der Waals surface area (Å²) in [5, 5.41) is 11.5. The van der Waals surface area contributed by atoms with Crippen molar-refractivity contribution in [2.75, 3.05) is 40.4 Å². The quantitative estimate of drug-likeness (QED) is 0.446. The van der Waals surface area contributed by atoms with Gasteiger partial charge < -0.3 is 20.1 Å². The zero-order valence-electron chi connectivity index (χ0n) is 10.4. The van der Waals surface area contributed by atoms with E-state index in [1.165, 1.54) is 0 Å². The summed E-state index contributed by atoms with van der Waals surface area (Å²) in [5.74, 6) is -1.41. The lowest BCUT2D eigenvalue weighted by Crippen LogP contribution is -2.38. The minimum atomic E-state index is -1.15. The van der Waals surface area contributed by atoms with Gasteiger partial charge in [0, 0.05) is 13.1 Å². The fourth-order valence-electron chi connectivity index (χ4n) is 1.42. The molecule has 0 heterocycles. The SMILES string of the molecule is CN(C)CCOCCNC(=O)C1(C(=O)O)CC1. The summed E-state index contributed by atoms with van der Waals surface area (Å²) in [6.07, 6.45) is 0.880. The summed E-state index contributed by atoms with van der Waals surface area (Å²) < 4.78 is 5.28. The third-order valence-electron chi connectivity index (χ3n) is 2.81. The topological polar surface area (TPSA) is 78.9 Å². The van der Waals surface area contributed by atoms with E-state index in [9.17, 15) is 9.59 Å². The van der Waals surface area contributed by atoms with Crippen LogP contribution in [0.4, 0.5) is 0 Å². The van der Waals surface area contributed by atoms with E-state index in [4.69, 9.17) is 9.84 Å². The largest absolute Gasteiger partial charge is 0.480 e. The molecule has 0 radical (unpaired) electrons. The highest BCUT2D eigenvalue weighted by atomic mass is 16.5. The molecule has 98 valence electrons. The predicted molar refractivity (Wildman–Crippen MR) is 61.7 cm³/mol. The number of carboxylic acid groups (broad SMARTS) is 1. The van der Waals surface area contributed by atoms with Crippen LogP contribution in [0.5, 0.6) is 0 Å². The van der Waals surface area contributed by atoms with E-state index < -0.39 is 11.4 Å². The maximum absolute atomic E-state index is 11.6. The third kappa shape index (κ3) is 3.98. The summed E-state index contributed by atoms with van der Waals surface area (Å²) in [5.41, 5.74) is -1.15. The van der Waals surface area contributed by atoms with Gasteiger partial charge in [-0.2, -0.15) is 0 Å². The molecule has 1 rings (SSSR count). The smallest absolute Gasteiger partial charge is 0.319 e. The van der Waals surface area contributed by atoms with Gasteiger partial charge in [-0.1, -0.05) is 0 Å². The van der Waals surface area contributed by atoms with Crippen molar-refractivity contribution < 1.29 is 19.4 Å². The first-order valence-electron chi connectivity index (χ1n) is 5.73. The Balaban J connectivity index is 2.07. The van der Waals surface area contributed by atoms with Gasteiger partial charge in [-0.05, 0) is 26.9 Å². The molecular formula is C11H20N2O4. The van der Waals surface area contributed by atoms with Gasteiger partial charge in [-0.25, -0.2) is 0 Å². The molecule has 6 nitrogen and oxygen atoms in total. The van der Waals surface area contributed by atoms with E-state index in [1.54, 1.807) is 0 Å². The predicted octanol–water partition coefficient (Wildman–Crippen LogP) is -0.454. The first-order chi connectivity index (χ1) is 7.99. The molecule has 0 aromatic heterocycles. The van der Waals surface area contributed by atoms with Crippen LogP contribution in [0, 0.1) is 5.41 Å².